The van der Waals surface area contributed by atoms with Gasteiger partial charge in [-0.05, 0) is 37.0 Å². The summed E-state index contributed by atoms with van der Waals surface area (Å²) >= 11 is 0. The number of nitrogens with zero attached hydrogens (tertiary/aromatic N) is 1. The Morgan fingerprint density at radius 3 is 2.25 bits per heavy atom. The van der Waals surface area contributed by atoms with Crippen molar-refractivity contribution in [3.8, 4) is 0 Å². The summed E-state index contributed by atoms with van der Waals surface area (Å²) in [4.78, 5) is 0.268. The van der Waals surface area contributed by atoms with Crippen LogP contribution in [0.3, 0.4) is 0 Å². The van der Waals surface area contributed by atoms with Crippen molar-refractivity contribution in [2.24, 2.45) is 0 Å². The molecule has 4 nitrogen and oxygen atoms in total. The summed E-state index contributed by atoms with van der Waals surface area (Å²) in [5.74, 6) is 0. The van der Waals surface area contributed by atoms with E-state index in [2.05, 4.69) is 0 Å². The van der Waals surface area contributed by atoms with Gasteiger partial charge in [0, 0.05) is 13.1 Å². The molecule has 1 aromatic carbocycles. The molecule has 0 fully saturated rings. The predicted molar refractivity (Wildman–Crippen MR) is 81.0 cm³/mol. The standard InChI is InChI=1S/C15H25NO3S/c1-4-10-16(11-5-2)20(18,19)14-9-7-8-13(12-14)15(17)6-3/h7-9,12,15,17H,4-6,10-11H2,1-3H3. The summed E-state index contributed by atoms with van der Waals surface area (Å²) in [5.41, 5.74) is 0.654. The van der Waals surface area contributed by atoms with Crippen molar-refractivity contribution in [3.63, 3.8) is 0 Å². The quantitative estimate of drug-likeness (QED) is 0.803. The molecule has 0 aliphatic rings. The Bertz CT molecular complexity index is 508. The Morgan fingerprint density at radius 2 is 1.75 bits per heavy atom. The molecular weight excluding hydrogens is 274 g/mol. The van der Waals surface area contributed by atoms with E-state index in [9.17, 15) is 13.5 Å². The first-order chi connectivity index (χ1) is 9.47. The number of aliphatic hydroxyl groups excluding tert-OH is 1. The van der Waals surface area contributed by atoms with Gasteiger partial charge < -0.3 is 5.11 Å². The van der Waals surface area contributed by atoms with E-state index in [-0.39, 0.29) is 4.90 Å². The van der Waals surface area contributed by atoms with Crippen molar-refractivity contribution in [2.75, 3.05) is 13.1 Å². The zero-order chi connectivity index (χ0) is 15.2. The maximum Gasteiger partial charge on any atom is 0.243 e. The smallest absolute Gasteiger partial charge is 0.243 e. The molecule has 114 valence electrons. The van der Waals surface area contributed by atoms with Gasteiger partial charge in [-0.25, -0.2) is 8.42 Å². The molecule has 0 bridgehead atoms. The fraction of sp³-hybridized carbons (Fsp3) is 0.600. The van der Waals surface area contributed by atoms with Crippen LogP contribution < -0.4 is 0 Å². The number of aliphatic hydroxyl groups is 1. The molecule has 1 aromatic rings. The van der Waals surface area contributed by atoms with Gasteiger partial charge in [0.05, 0.1) is 11.0 Å². The fourth-order valence-corrected chi connectivity index (χ4v) is 3.80. The third-order valence-corrected chi connectivity index (χ3v) is 5.11. The van der Waals surface area contributed by atoms with Crippen LogP contribution in [0.2, 0.25) is 0 Å². The first-order valence-corrected chi connectivity index (χ1v) is 8.69. The highest BCUT2D eigenvalue weighted by Gasteiger charge is 2.23. The van der Waals surface area contributed by atoms with Crippen LogP contribution in [0.15, 0.2) is 29.2 Å². The summed E-state index contributed by atoms with van der Waals surface area (Å²) in [7, 11) is -3.47. The number of sulfonamides is 1. The molecule has 1 atom stereocenters. The van der Waals surface area contributed by atoms with Gasteiger partial charge in [0.15, 0.2) is 0 Å². The lowest BCUT2D eigenvalue weighted by atomic mass is 10.1. The average molecular weight is 299 g/mol. The molecular formula is C15H25NO3S. The topological polar surface area (TPSA) is 57.6 Å². The monoisotopic (exact) mass is 299 g/mol. The summed E-state index contributed by atoms with van der Waals surface area (Å²) < 4.78 is 26.8. The van der Waals surface area contributed by atoms with Crippen LogP contribution in [0.25, 0.3) is 0 Å². The van der Waals surface area contributed by atoms with Gasteiger partial charge in [0.25, 0.3) is 0 Å². The van der Waals surface area contributed by atoms with E-state index in [1.165, 1.54) is 4.31 Å². The van der Waals surface area contributed by atoms with Crippen molar-refractivity contribution in [1.82, 2.24) is 4.31 Å². The maximum atomic E-state index is 12.6. The van der Waals surface area contributed by atoms with E-state index in [1.54, 1.807) is 24.3 Å². The largest absolute Gasteiger partial charge is 0.388 e. The minimum atomic E-state index is -3.47. The molecule has 0 heterocycles. The van der Waals surface area contributed by atoms with Gasteiger partial charge in [-0.15, -0.1) is 0 Å². The summed E-state index contributed by atoms with van der Waals surface area (Å²) in [6.45, 7) is 6.85. The Labute approximate surface area is 122 Å². The van der Waals surface area contributed by atoms with Gasteiger partial charge in [-0.3, -0.25) is 0 Å². The third kappa shape index (κ3) is 4.04. The second-order valence-corrected chi connectivity index (χ2v) is 6.84. The predicted octanol–water partition coefficient (Wildman–Crippen LogP) is 2.94. The Hall–Kier alpha value is -0.910. The fourth-order valence-electron chi connectivity index (χ4n) is 2.12. The van der Waals surface area contributed by atoms with Crippen molar-refractivity contribution in [3.05, 3.63) is 29.8 Å². The van der Waals surface area contributed by atoms with Crippen molar-refractivity contribution < 1.29 is 13.5 Å². The molecule has 0 aliphatic heterocycles. The highest BCUT2D eigenvalue weighted by Crippen LogP contribution is 2.22. The Kier molecular flexibility index (Phi) is 6.65. The van der Waals surface area contributed by atoms with Gasteiger partial charge >= 0.3 is 0 Å². The van der Waals surface area contributed by atoms with Crippen molar-refractivity contribution in [1.29, 1.82) is 0 Å². The molecule has 0 radical (unpaired) electrons. The summed E-state index contributed by atoms with van der Waals surface area (Å²) in [5, 5.41) is 9.86. The zero-order valence-corrected chi connectivity index (χ0v) is 13.4. The SMILES string of the molecule is CCCN(CCC)S(=O)(=O)c1cccc(C(O)CC)c1. The lowest BCUT2D eigenvalue weighted by Gasteiger charge is -2.21. The van der Waals surface area contributed by atoms with E-state index in [1.807, 2.05) is 20.8 Å². The van der Waals surface area contributed by atoms with Crippen LogP contribution in [0.4, 0.5) is 0 Å². The molecule has 0 saturated carbocycles. The molecule has 0 saturated heterocycles. The van der Waals surface area contributed by atoms with Gasteiger partial charge in [-0.1, -0.05) is 32.9 Å². The number of benzene rings is 1. The van der Waals surface area contributed by atoms with Crippen molar-refractivity contribution >= 4 is 10.0 Å². The van der Waals surface area contributed by atoms with Crippen LogP contribution in [0.5, 0.6) is 0 Å². The Morgan fingerprint density at radius 1 is 1.15 bits per heavy atom. The molecule has 1 unspecified atom stereocenters. The normalized spacial score (nSPS) is 13.7. The molecule has 0 aliphatic carbocycles. The van der Waals surface area contributed by atoms with Crippen LogP contribution in [-0.2, 0) is 10.0 Å². The molecule has 0 aromatic heterocycles. The highest BCUT2D eigenvalue weighted by molar-refractivity contribution is 7.89. The van der Waals surface area contributed by atoms with Crippen LogP contribution in [0, 0.1) is 0 Å². The maximum absolute atomic E-state index is 12.6. The van der Waals surface area contributed by atoms with Gasteiger partial charge in [0.1, 0.15) is 0 Å². The van der Waals surface area contributed by atoms with Gasteiger partial charge in [-0.2, -0.15) is 4.31 Å². The van der Waals surface area contributed by atoms with E-state index < -0.39 is 16.1 Å². The molecule has 1 N–H and O–H groups in total. The van der Waals surface area contributed by atoms with E-state index in [0.717, 1.165) is 12.8 Å². The number of hydrogen-bond donors (Lipinski definition) is 1. The van der Waals surface area contributed by atoms with Crippen LogP contribution in [0.1, 0.15) is 51.7 Å². The molecule has 1 rings (SSSR count). The average Bonchev–Trinajstić information content (AvgIpc) is 2.46. The number of rotatable bonds is 8. The Balaban J connectivity index is 3.13. The van der Waals surface area contributed by atoms with Gasteiger partial charge in [0.2, 0.25) is 10.0 Å². The highest BCUT2D eigenvalue weighted by atomic mass is 32.2. The van der Waals surface area contributed by atoms with E-state index in [0.29, 0.717) is 25.1 Å². The molecule has 0 spiro atoms. The van der Waals surface area contributed by atoms with E-state index in [4.69, 9.17) is 0 Å². The molecule has 20 heavy (non-hydrogen) atoms. The lowest BCUT2D eigenvalue weighted by molar-refractivity contribution is 0.173. The summed E-state index contributed by atoms with van der Waals surface area (Å²) in [6.07, 6.45) is 1.53. The minimum absolute atomic E-state index is 0.268. The first-order valence-electron chi connectivity index (χ1n) is 7.25. The lowest BCUT2D eigenvalue weighted by Crippen LogP contribution is -2.32. The second kappa shape index (κ2) is 7.76. The van der Waals surface area contributed by atoms with Crippen LogP contribution in [-0.4, -0.2) is 30.9 Å². The number of hydrogen-bond acceptors (Lipinski definition) is 3. The molecule has 0 amide bonds. The van der Waals surface area contributed by atoms with E-state index >= 15 is 0 Å². The zero-order valence-electron chi connectivity index (χ0n) is 12.5. The van der Waals surface area contributed by atoms with Crippen LogP contribution >= 0.6 is 0 Å². The second-order valence-electron chi connectivity index (χ2n) is 4.90. The first kappa shape index (κ1) is 17.1. The minimum Gasteiger partial charge on any atom is -0.388 e. The molecule has 5 heteroatoms. The summed E-state index contributed by atoms with van der Waals surface area (Å²) in [6, 6.07) is 6.63. The van der Waals surface area contributed by atoms with Crippen molar-refractivity contribution in [2.45, 2.75) is 51.0 Å². The third-order valence-electron chi connectivity index (χ3n) is 3.21.